The molecule has 3 heterocycles. The minimum atomic E-state index is -0.714. The summed E-state index contributed by atoms with van der Waals surface area (Å²) >= 11 is 1.41. The largest absolute Gasteiger partial charge is 0.321 e. The Labute approximate surface area is 196 Å². The number of amides is 3. The van der Waals surface area contributed by atoms with Crippen LogP contribution in [0.1, 0.15) is 77.3 Å². The minimum Gasteiger partial charge on any atom is -0.321 e. The van der Waals surface area contributed by atoms with Gasteiger partial charge in [-0.15, -0.1) is 11.3 Å². The Balaban J connectivity index is 1.39. The zero-order chi connectivity index (χ0) is 23.3. The number of hydrogen-bond acceptors (Lipinski definition) is 6. The molecule has 0 radical (unpaired) electrons. The molecule has 1 aliphatic carbocycles. The molecule has 33 heavy (non-hydrogen) atoms. The number of hydrogen-bond donors (Lipinski definition) is 2. The molecule has 8 heteroatoms. The van der Waals surface area contributed by atoms with Crippen molar-refractivity contribution in [2.75, 3.05) is 5.32 Å². The van der Waals surface area contributed by atoms with Crippen LogP contribution in [-0.2, 0) is 15.0 Å². The number of nitrogens with one attached hydrogen (secondary N) is 2. The van der Waals surface area contributed by atoms with E-state index in [4.69, 9.17) is 4.98 Å². The summed E-state index contributed by atoms with van der Waals surface area (Å²) in [4.78, 5) is 48.2. The molecule has 2 fully saturated rings. The van der Waals surface area contributed by atoms with E-state index in [2.05, 4.69) is 15.6 Å². The maximum Gasteiger partial charge on any atom is 0.266 e. The van der Waals surface area contributed by atoms with Crippen molar-refractivity contribution >= 4 is 45.0 Å². The third-order valence-electron chi connectivity index (χ3n) is 6.90. The average molecular weight is 463 g/mol. The summed E-state index contributed by atoms with van der Waals surface area (Å²) in [6.45, 7) is 5.88. The second-order valence-electron chi connectivity index (χ2n) is 9.02. The second kappa shape index (κ2) is 8.02. The normalized spacial score (nSPS) is 20.7. The minimum absolute atomic E-state index is 0.179. The van der Waals surface area contributed by atoms with Crippen molar-refractivity contribution in [3.05, 3.63) is 51.8 Å². The number of benzene rings is 1. The molecule has 1 saturated carbocycles. The van der Waals surface area contributed by atoms with Crippen LogP contribution in [0.4, 0.5) is 5.69 Å². The summed E-state index contributed by atoms with van der Waals surface area (Å²) in [7, 11) is 0. The standard InChI is InChI=1S/C25H26N4O3S/c1-4-25(12-11-18(30)28-24(25)32)16-7-9-17(10-8-16)27-22(31)20-13(2)19-14(3)26-21(15-5-6-15)29-23(19)33-20/h7-10,15H,4-6,11-12H2,1-3H3,(H,27,31)(H,28,30,32). The number of imide groups is 1. The number of anilines is 1. The molecule has 3 amide bonds. The molecule has 1 saturated heterocycles. The number of fused-ring (bicyclic) bond motifs is 1. The highest BCUT2D eigenvalue weighted by molar-refractivity contribution is 7.20. The van der Waals surface area contributed by atoms with E-state index < -0.39 is 5.41 Å². The van der Waals surface area contributed by atoms with Gasteiger partial charge in [0, 0.05) is 23.4 Å². The zero-order valence-corrected chi connectivity index (χ0v) is 19.8. The van der Waals surface area contributed by atoms with Gasteiger partial charge in [-0.05, 0) is 62.8 Å². The Morgan fingerprint density at radius 3 is 2.55 bits per heavy atom. The van der Waals surface area contributed by atoms with Crippen LogP contribution in [0.15, 0.2) is 24.3 Å². The highest BCUT2D eigenvalue weighted by Gasteiger charge is 2.42. The molecule has 1 aromatic carbocycles. The van der Waals surface area contributed by atoms with Gasteiger partial charge in [-0.2, -0.15) is 0 Å². The number of thiophene rings is 1. The number of piperidine rings is 1. The van der Waals surface area contributed by atoms with Gasteiger partial charge in [-0.3, -0.25) is 19.7 Å². The SMILES string of the molecule is CCC1(c2ccc(NC(=O)c3sc4nc(C5CC5)nc(C)c4c3C)cc2)CCC(=O)NC1=O. The van der Waals surface area contributed by atoms with E-state index in [1.807, 2.05) is 45.0 Å². The lowest BCUT2D eigenvalue weighted by Crippen LogP contribution is -2.51. The first-order valence-electron chi connectivity index (χ1n) is 11.4. The zero-order valence-electron chi connectivity index (χ0n) is 18.9. The summed E-state index contributed by atoms with van der Waals surface area (Å²) in [6, 6.07) is 7.36. The fraction of sp³-hybridized carbons (Fsp3) is 0.400. The topological polar surface area (TPSA) is 101 Å². The van der Waals surface area contributed by atoms with Gasteiger partial charge in [0.1, 0.15) is 10.7 Å². The Morgan fingerprint density at radius 1 is 1.18 bits per heavy atom. The van der Waals surface area contributed by atoms with Gasteiger partial charge < -0.3 is 5.32 Å². The summed E-state index contributed by atoms with van der Waals surface area (Å²) < 4.78 is 0. The van der Waals surface area contributed by atoms with Gasteiger partial charge in [-0.25, -0.2) is 9.97 Å². The van der Waals surface area contributed by atoms with Crippen molar-refractivity contribution in [1.29, 1.82) is 0 Å². The third-order valence-corrected chi connectivity index (χ3v) is 8.09. The predicted molar refractivity (Wildman–Crippen MR) is 128 cm³/mol. The van der Waals surface area contributed by atoms with Crippen molar-refractivity contribution in [2.45, 2.75) is 64.2 Å². The molecule has 7 nitrogen and oxygen atoms in total. The second-order valence-corrected chi connectivity index (χ2v) is 10.0. The molecule has 5 rings (SSSR count). The fourth-order valence-electron chi connectivity index (χ4n) is 4.73. The van der Waals surface area contributed by atoms with Crippen LogP contribution in [0.2, 0.25) is 0 Å². The summed E-state index contributed by atoms with van der Waals surface area (Å²) in [5, 5.41) is 6.41. The Hall–Kier alpha value is -3.13. The maximum absolute atomic E-state index is 13.1. The van der Waals surface area contributed by atoms with Gasteiger partial charge in [0.15, 0.2) is 0 Å². The molecule has 170 valence electrons. The van der Waals surface area contributed by atoms with Crippen molar-refractivity contribution < 1.29 is 14.4 Å². The molecule has 1 atom stereocenters. The monoisotopic (exact) mass is 462 g/mol. The molecule has 2 N–H and O–H groups in total. The van der Waals surface area contributed by atoms with Crippen LogP contribution in [0.25, 0.3) is 10.2 Å². The molecular weight excluding hydrogens is 436 g/mol. The highest BCUT2D eigenvalue weighted by Crippen LogP contribution is 2.41. The highest BCUT2D eigenvalue weighted by atomic mass is 32.1. The molecule has 1 aliphatic heterocycles. The molecule has 1 unspecified atom stereocenters. The molecule has 2 aliphatic rings. The van der Waals surface area contributed by atoms with Crippen LogP contribution >= 0.6 is 11.3 Å². The van der Waals surface area contributed by atoms with Crippen LogP contribution in [0, 0.1) is 13.8 Å². The van der Waals surface area contributed by atoms with Gasteiger partial charge in [0.25, 0.3) is 5.91 Å². The Bertz CT molecular complexity index is 1290. The quantitative estimate of drug-likeness (QED) is 0.543. The lowest BCUT2D eigenvalue weighted by Gasteiger charge is -2.35. The van der Waals surface area contributed by atoms with Gasteiger partial charge in [-0.1, -0.05) is 19.1 Å². The van der Waals surface area contributed by atoms with E-state index in [9.17, 15) is 14.4 Å². The Kier molecular flexibility index (Phi) is 5.28. The van der Waals surface area contributed by atoms with Crippen LogP contribution in [0.3, 0.4) is 0 Å². The number of carbonyl (C=O) groups is 3. The van der Waals surface area contributed by atoms with Gasteiger partial charge in [0.2, 0.25) is 11.8 Å². The number of rotatable bonds is 5. The lowest BCUT2D eigenvalue weighted by atomic mass is 9.72. The smallest absolute Gasteiger partial charge is 0.266 e. The molecule has 2 aromatic heterocycles. The van der Waals surface area contributed by atoms with Gasteiger partial charge >= 0.3 is 0 Å². The van der Waals surface area contributed by atoms with Crippen molar-refractivity contribution in [2.24, 2.45) is 0 Å². The summed E-state index contributed by atoms with van der Waals surface area (Å²) in [5.74, 6) is 0.697. The van der Waals surface area contributed by atoms with E-state index in [1.54, 1.807) is 0 Å². The van der Waals surface area contributed by atoms with E-state index in [0.29, 0.717) is 35.7 Å². The van der Waals surface area contributed by atoms with Crippen molar-refractivity contribution in [1.82, 2.24) is 15.3 Å². The van der Waals surface area contributed by atoms with Crippen molar-refractivity contribution in [3.8, 4) is 0 Å². The molecular formula is C25H26N4O3S. The van der Waals surface area contributed by atoms with Crippen LogP contribution in [0.5, 0.6) is 0 Å². The molecule has 0 bridgehead atoms. The van der Waals surface area contributed by atoms with E-state index >= 15 is 0 Å². The van der Waals surface area contributed by atoms with E-state index in [1.165, 1.54) is 11.3 Å². The average Bonchev–Trinajstić information content (AvgIpc) is 3.58. The summed E-state index contributed by atoms with van der Waals surface area (Å²) in [5.41, 5.74) is 2.62. The summed E-state index contributed by atoms with van der Waals surface area (Å²) in [6.07, 6.45) is 3.69. The number of carbonyl (C=O) groups excluding carboxylic acids is 3. The van der Waals surface area contributed by atoms with Gasteiger partial charge in [0.05, 0.1) is 16.0 Å². The number of nitrogens with zero attached hydrogens (tertiary/aromatic N) is 2. The van der Waals surface area contributed by atoms with E-state index in [-0.39, 0.29) is 17.7 Å². The first kappa shape index (κ1) is 21.7. The third kappa shape index (κ3) is 3.72. The van der Waals surface area contributed by atoms with Crippen molar-refractivity contribution in [3.63, 3.8) is 0 Å². The fourth-order valence-corrected chi connectivity index (χ4v) is 5.86. The van der Waals surface area contributed by atoms with Crippen LogP contribution < -0.4 is 10.6 Å². The first-order valence-corrected chi connectivity index (χ1v) is 12.2. The van der Waals surface area contributed by atoms with Crippen LogP contribution in [-0.4, -0.2) is 27.7 Å². The van der Waals surface area contributed by atoms with E-state index in [0.717, 1.165) is 45.7 Å². The predicted octanol–water partition coefficient (Wildman–Crippen LogP) is 4.52. The number of aromatic nitrogens is 2. The number of aryl methyl sites for hydroxylation is 2. The lowest BCUT2D eigenvalue weighted by molar-refractivity contribution is -0.138. The molecule has 0 spiro atoms. The first-order chi connectivity index (χ1) is 15.8. The molecule has 3 aromatic rings. The maximum atomic E-state index is 13.1. The Morgan fingerprint density at radius 2 is 1.91 bits per heavy atom.